The fraction of sp³-hybridized carbons (Fsp3) is 0.0667. The van der Waals surface area contributed by atoms with Crippen molar-refractivity contribution >= 4 is 17.2 Å². The van der Waals surface area contributed by atoms with E-state index in [0.717, 1.165) is 22.4 Å². The average molecular weight is 282 g/mol. The number of nitrogens with two attached hydrogens (primary N) is 1. The van der Waals surface area contributed by atoms with Crippen molar-refractivity contribution in [1.82, 2.24) is 9.97 Å². The number of hydrazine groups is 1. The molecule has 0 fully saturated rings. The van der Waals surface area contributed by atoms with Crippen LogP contribution in [-0.2, 0) is 0 Å². The standard InChI is InChI=1S/C15H14N4S/c1-10-13(11-5-3-2-4-6-11)17-15(18-14(10)19-16)12-7-8-20-9-12/h2-9H,16H2,1H3,(H,17,18,19). The summed E-state index contributed by atoms with van der Waals surface area (Å²) in [6.07, 6.45) is 0. The van der Waals surface area contributed by atoms with Crippen molar-refractivity contribution in [2.24, 2.45) is 5.84 Å². The molecule has 0 bridgehead atoms. The fourth-order valence-electron chi connectivity index (χ4n) is 2.06. The van der Waals surface area contributed by atoms with Gasteiger partial charge in [-0.1, -0.05) is 30.3 Å². The van der Waals surface area contributed by atoms with Gasteiger partial charge in [-0.15, -0.1) is 0 Å². The van der Waals surface area contributed by atoms with E-state index < -0.39 is 0 Å². The molecule has 3 aromatic rings. The first kappa shape index (κ1) is 12.8. The van der Waals surface area contributed by atoms with Crippen LogP contribution in [0, 0.1) is 6.92 Å². The maximum atomic E-state index is 5.58. The Hall–Kier alpha value is -2.24. The number of nitrogen functional groups attached to an aromatic ring is 1. The fourth-order valence-corrected chi connectivity index (χ4v) is 2.69. The van der Waals surface area contributed by atoms with Gasteiger partial charge in [0.1, 0.15) is 5.82 Å². The minimum absolute atomic E-state index is 0.653. The lowest BCUT2D eigenvalue weighted by atomic mass is 10.1. The van der Waals surface area contributed by atoms with Crippen LogP contribution in [0.1, 0.15) is 5.56 Å². The molecule has 0 atom stereocenters. The molecule has 3 rings (SSSR count). The molecule has 0 aliphatic carbocycles. The number of nitrogens with one attached hydrogen (secondary N) is 1. The summed E-state index contributed by atoms with van der Waals surface area (Å²) in [5.74, 6) is 6.92. The van der Waals surface area contributed by atoms with E-state index in [4.69, 9.17) is 10.8 Å². The Kier molecular flexibility index (Phi) is 3.45. The van der Waals surface area contributed by atoms with Gasteiger partial charge in [-0.05, 0) is 18.4 Å². The molecule has 2 aromatic heterocycles. The van der Waals surface area contributed by atoms with Gasteiger partial charge in [0, 0.05) is 22.1 Å². The van der Waals surface area contributed by atoms with Gasteiger partial charge in [0.2, 0.25) is 0 Å². The lowest BCUT2D eigenvalue weighted by Gasteiger charge is -2.11. The maximum Gasteiger partial charge on any atom is 0.163 e. The van der Waals surface area contributed by atoms with E-state index in [9.17, 15) is 0 Å². The number of rotatable bonds is 3. The van der Waals surface area contributed by atoms with Crippen molar-refractivity contribution in [2.75, 3.05) is 5.43 Å². The van der Waals surface area contributed by atoms with Crippen molar-refractivity contribution in [3.63, 3.8) is 0 Å². The van der Waals surface area contributed by atoms with Crippen LogP contribution in [0.25, 0.3) is 22.6 Å². The molecule has 0 unspecified atom stereocenters. The summed E-state index contributed by atoms with van der Waals surface area (Å²) in [7, 11) is 0. The Labute approximate surface area is 121 Å². The molecule has 0 saturated carbocycles. The average Bonchev–Trinajstić information content (AvgIpc) is 3.03. The summed E-state index contributed by atoms with van der Waals surface area (Å²) in [5.41, 5.74) is 6.56. The van der Waals surface area contributed by atoms with E-state index in [-0.39, 0.29) is 0 Å². The van der Waals surface area contributed by atoms with Crippen molar-refractivity contribution in [1.29, 1.82) is 0 Å². The molecule has 0 amide bonds. The predicted molar refractivity (Wildman–Crippen MR) is 83.3 cm³/mol. The second-order valence-corrected chi connectivity index (χ2v) is 5.17. The van der Waals surface area contributed by atoms with E-state index in [1.807, 2.05) is 54.1 Å². The smallest absolute Gasteiger partial charge is 0.163 e. The zero-order chi connectivity index (χ0) is 13.9. The number of benzene rings is 1. The molecule has 0 radical (unpaired) electrons. The Bertz CT molecular complexity index is 708. The number of hydrogen-bond acceptors (Lipinski definition) is 5. The molecule has 0 saturated heterocycles. The first-order chi connectivity index (χ1) is 9.79. The van der Waals surface area contributed by atoms with Crippen LogP contribution in [0.2, 0.25) is 0 Å². The molecule has 20 heavy (non-hydrogen) atoms. The molecule has 4 nitrogen and oxygen atoms in total. The Morgan fingerprint density at radius 2 is 1.85 bits per heavy atom. The van der Waals surface area contributed by atoms with Crippen LogP contribution in [-0.4, -0.2) is 9.97 Å². The molecule has 1 aromatic carbocycles. The first-order valence-corrected chi connectivity index (χ1v) is 7.17. The van der Waals surface area contributed by atoms with E-state index >= 15 is 0 Å². The molecular formula is C15H14N4S. The highest BCUT2D eigenvalue weighted by Gasteiger charge is 2.13. The summed E-state index contributed by atoms with van der Waals surface area (Å²) < 4.78 is 0. The van der Waals surface area contributed by atoms with Crippen LogP contribution in [0.5, 0.6) is 0 Å². The third-order valence-corrected chi connectivity index (χ3v) is 3.79. The molecule has 5 heteroatoms. The van der Waals surface area contributed by atoms with Gasteiger partial charge in [0.25, 0.3) is 0 Å². The van der Waals surface area contributed by atoms with Crippen LogP contribution in [0.3, 0.4) is 0 Å². The van der Waals surface area contributed by atoms with E-state index in [1.54, 1.807) is 11.3 Å². The molecule has 0 aliphatic rings. The number of thiophene rings is 1. The van der Waals surface area contributed by atoms with Gasteiger partial charge in [-0.2, -0.15) is 11.3 Å². The summed E-state index contributed by atoms with van der Waals surface area (Å²) >= 11 is 1.62. The number of aromatic nitrogens is 2. The second-order valence-electron chi connectivity index (χ2n) is 4.39. The molecule has 2 heterocycles. The Morgan fingerprint density at radius 3 is 2.50 bits per heavy atom. The summed E-state index contributed by atoms with van der Waals surface area (Å²) in [6.45, 7) is 1.97. The SMILES string of the molecule is Cc1c(NN)nc(-c2ccsc2)nc1-c1ccccc1. The minimum Gasteiger partial charge on any atom is -0.308 e. The first-order valence-electron chi connectivity index (χ1n) is 6.23. The third kappa shape index (κ3) is 2.29. The van der Waals surface area contributed by atoms with Crippen LogP contribution in [0.15, 0.2) is 47.2 Å². The Balaban J connectivity index is 2.21. The summed E-state index contributed by atoms with van der Waals surface area (Å²) in [6, 6.07) is 12.1. The van der Waals surface area contributed by atoms with Crippen molar-refractivity contribution < 1.29 is 0 Å². The highest BCUT2D eigenvalue weighted by atomic mass is 32.1. The van der Waals surface area contributed by atoms with E-state index in [0.29, 0.717) is 11.6 Å². The van der Waals surface area contributed by atoms with Gasteiger partial charge in [-0.3, -0.25) is 0 Å². The van der Waals surface area contributed by atoms with Crippen LogP contribution in [0.4, 0.5) is 5.82 Å². The molecular weight excluding hydrogens is 268 g/mol. The summed E-state index contributed by atoms with van der Waals surface area (Å²) in [4.78, 5) is 9.17. The number of nitrogens with zero attached hydrogens (tertiary/aromatic N) is 2. The monoisotopic (exact) mass is 282 g/mol. The van der Waals surface area contributed by atoms with Crippen molar-refractivity contribution in [3.05, 3.63) is 52.7 Å². The van der Waals surface area contributed by atoms with Gasteiger partial charge in [-0.25, -0.2) is 15.8 Å². The van der Waals surface area contributed by atoms with Gasteiger partial charge < -0.3 is 5.43 Å². The molecule has 100 valence electrons. The minimum atomic E-state index is 0.653. The highest BCUT2D eigenvalue weighted by molar-refractivity contribution is 7.08. The highest BCUT2D eigenvalue weighted by Crippen LogP contribution is 2.29. The lowest BCUT2D eigenvalue weighted by molar-refractivity contribution is 1.12. The topological polar surface area (TPSA) is 63.8 Å². The quantitative estimate of drug-likeness (QED) is 0.570. The van der Waals surface area contributed by atoms with Crippen LogP contribution < -0.4 is 11.3 Å². The maximum absolute atomic E-state index is 5.58. The third-order valence-electron chi connectivity index (χ3n) is 3.11. The lowest BCUT2D eigenvalue weighted by Crippen LogP contribution is -2.12. The van der Waals surface area contributed by atoms with E-state index in [1.165, 1.54) is 0 Å². The zero-order valence-electron chi connectivity index (χ0n) is 11.0. The molecule has 0 spiro atoms. The summed E-state index contributed by atoms with van der Waals surface area (Å²) in [5, 5.41) is 4.04. The largest absolute Gasteiger partial charge is 0.308 e. The molecule has 0 aliphatic heterocycles. The molecule has 3 N–H and O–H groups in total. The zero-order valence-corrected chi connectivity index (χ0v) is 11.8. The van der Waals surface area contributed by atoms with Gasteiger partial charge in [0.15, 0.2) is 5.82 Å². The Morgan fingerprint density at radius 1 is 1.05 bits per heavy atom. The van der Waals surface area contributed by atoms with E-state index in [2.05, 4.69) is 10.4 Å². The predicted octanol–water partition coefficient (Wildman–Crippen LogP) is 3.47. The number of hydrogen-bond donors (Lipinski definition) is 2. The van der Waals surface area contributed by atoms with Crippen molar-refractivity contribution in [2.45, 2.75) is 6.92 Å². The van der Waals surface area contributed by atoms with Gasteiger partial charge >= 0.3 is 0 Å². The second kappa shape index (κ2) is 5.40. The van der Waals surface area contributed by atoms with Crippen molar-refractivity contribution in [3.8, 4) is 22.6 Å². The van der Waals surface area contributed by atoms with Gasteiger partial charge in [0.05, 0.1) is 5.69 Å². The van der Waals surface area contributed by atoms with Crippen LogP contribution >= 0.6 is 11.3 Å². The number of anilines is 1. The normalized spacial score (nSPS) is 10.5.